The largest absolute Gasteiger partial charge is 0.369 e. The lowest BCUT2D eigenvalue weighted by Gasteiger charge is -2.16. The van der Waals surface area contributed by atoms with Crippen LogP contribution in [0.2, 0.25) is 0 Å². The lowest BCUT2D eigenvalue weighted by Crippen LogP contribution is -2.35. The molecule has 0 atom stereocenters. The van der Waals surface area contributed by atoms with E-state index in [1.54, 1.807) is 19.4 Å². The van der Waals surface area contributed by atoms with Gasteiger partial charge in [0.1, 0.15) is 0 Å². The third-order valence-electron chi connectivity index (χ3n) is 1.69. The Hall–Kier alpha value is -0.900. The molecule has 1 rings (SSSR count). The molecule has 0 aliphatic heterocycles. The van der Waals surface area contributed by atoms with E-state index >= 15 is 0 Å². The summed E-state index contributed by atoms with van der Waals surface area (Å²) in [5.41, 5.74) is 6.99. The first-order valence-corrected chi connectivity index (χ1v) is 4.18. The van der Waals surface area contributed by atoms with Gasteiger partial charge in [-0.1, -0.05) is 0 Å². The predicted molar refractivity (Wildman–Crippen MR) is 44.3 cm³/mol. The van der Waals surface area contributed by atoms with Gasteiger partial charge in [-0.05, 0) is 13.8 Å². The summed E-state index contributed by atoms with van der Waals surface area (Å²) < 4.78 is 0. The van der Waals surface area contributed by atoms with Crippen LogP contribution < -0.4 is 5.73 Å². The molecule has 1 aromatic rings. The first-order valence-electron chi connectivity index (χ1n) is 3.23. The number of nitrogens with zero attached hydrogens (tertiary/aromatic N) is 1. The molecule has 11 heavy (non-hydrogen) atoms. The van der Waals surface area contributed by atoms with Gasteiger partial charge >= 0.3 is 0 Å². The van der Waals surface area contributed by atoms with Crippen LogP contribution in [0.25, 0.3) is 0 Å². The molecule has 0 aliphatic carbocycles. The molecule has 0 unspecified atom stereocenters. The number of nitrogens with two attached hydrogens (primary N) is 1. The molecule has 0 saturated heterocycles. The van der Waals surface area contributed by atoms with Gasteiger partial charge in [-0.15, -0.1) is 11.3 Å². The smallest absolute Gasteiger partial charge is 0.229 e. The fourth-order valence-corrected chi connectivity index (χ4v) is 1.37. The van der Waals surface area contributed by atoms with Crippen LogP contribution in [0.4, 0.5) is 0 Å². The van der Waals surface area contributed by atoms with Crippen molar-refractivity contribution in [2.24, 2.45) is 5.73 Å². The molecule has 0 bridgehead atoms. The van der Waals surface area contributed by atoms with Gasteiger partial charge in [0.2, 0.25) is 5.91 Å². The molecule has 0 radical (unpaired) electrons. The zero-order chi connectivity index (χ0) is 8.48. The Balaban J connectivity index is 3.00. The topological polar surface area (TPSA) is 56.0 Å². The summed E-state index contributed by atoms with van der Waals surface area (Å²) in [4.78, 5) is 14.9. The van der Waals surface area contributed by atoms with E-state index in [1.807, 2.05) is 5.38 Å². The van der Waals surface area contributed by atoms with Gasteiger partial charge in [-0.2, -0.15) is 0 Å². The van der Waals surface area contributed by atoms with Gasteiger partial charge in [0.05, 0.1) is 16.6 Å². The number of primary amides is 1. The molecule has 0 aromatic carbocycles. The highest BCUT2D eigenvalue weighted by Crippen LogP contribution is 2.21. The number of rotatable bonds is 2. The van der Waals surface area contributed by atoms with Gasteiger partial charge in [0.25, 0.3) is 0 Å². The highest BCUT2D eigenvalue weighted by molar-refractivity contribution is 7.07. The number of thiazole rings is 1. The normalized spacial score (nSPS) is 11.5. The lowest BCUT2D eigenvalue weighted by atomic mass is 9.89. The van der Waals surface area contributed by atoms with Crippen molar-refractivity contribution in [3.05, 3.63) is 16.6 Å². The highest BCUT2D eigenvalue weighted by Gasteiger charge is 2.28. The molecule has 4 heteroatoms. The molecule has 0 saturated carbocycles. The predicted octanol–water partition coefficient (Wildman–Crippen LogP) is 0.906. The summed E-state index contributed by atoms with van der Waals surface area (Å²) in [7, 11) is 0. The highest BCUT2D eigenvalue weighted by atomic mass is 32.1. The molecule has 60 valence electrons. The Bertz CT molecular complexity index is 253. The summed E-state index contributed by atoms with van der Waals surface area (Å²) in [6, 6.07) is 0. The quantitative estimate of drug-likeness (QED) is 0.717. The summed E-state index contributed by atoms with van der Waals surface area (Å²) >= 11 is 1.46. The molecule has 1 amide bonds. The molecule has 0 fully saturated rings. The Labute approximate surface area is 69.3 Å². The van der Waals surface area contributed by atoms with Crippen molar-refractivity contribution >= 4 is 17.2 Å². The Morgan fingerprint density at radius 3 is 2.73 bits per heavy atom. The third-order valence-corrected chi connectivity index (χ3v) is 2.28. The molecular formula is C7H10N2OS. The number of hydrogen-bond donors (Lipinski definition) is 1. The minimum atomic E-state index is -0.639. The van der Waals surface area contributed by atoms with Crippen LogP contribution in [0.15, 0.2) is 10.9 Å². The molecule has 1 heterocycles. The van der Waals surface area contributed by atoms with E-state index in [4.69, 9.17) is 5.73 Å². The van der Waals surface area contributed by atoms with Crippen LogP contribution in [0.5, 0.6) is 0 Å². The summed E-state index contributed by atoms with van der Waals surface area (Å²) in [5.74, 6) is -0.344. The van der Waals surface area contributed by atoms with E-state index in [2.05, 4.69) is 4.98 Å². The van der Waals surface area contributed by atoms with Crippen LogP contribution >= 0.6 is 11.3 Å². The van der Waals surface area contributed by atoms with Crippen molar-refractivity contribution in [1.29, 1.82) is 0 Å². The minimum absolute atomic E-state index is 0.344. The van der Waals surface area contributed by atoms with Crippen LogP contribution in [-0.2, 0) is 10.2 Å². The molecule has 0 aliphatic rings. The summed E-state index contributed by atoms with van der Waals surface area (Å²) in [6.07, 6.45) is 0. The van der Waals surface area contributed by atoms with Gasteiger partial charge < -0.3 is 5.73 Å². The first-order chi connectivity index (χ1) is 5.05. The van der Waals surface area contributed by atoms with Crippen molar-refractivity contribution in [1.82, 2.24) is 4.98 Å². The maximum absolute atomic E-state index is 10.9. The fraction of sp³-hybridized carbons (Fsp3) is 0.429. The van der Waals surface area contributed by atoms with Gasteiger partial charge in [0, 0.05) is 5.38 Å². The average molecular weight is 170 g/mol. The monoisotopic (exact) mass is 170 g/mol. The zero-order valence-corrected chi connectivity index (χ0v) is 7.31. The molecular weight excluding hydrogens is 160 g/mol. The van der Waals surface area contributed by atoms with E-state index in [1.165, 1.54) is 11.3 Å². The Morgan fingerprint density at radius 2 is 2.36 bits per heavy atom. The lowest BCUT2D eigenvalue weighted by molar-refractivity contribution is -0.122. The van der Waals surface area contributed by atoms with Crippen molar-refractivity contribution in [2.45, 2.75) is 19.3 Å². The number of hydrogen-bond acceptors (Lipinski definition) is 3. The van der Waals surface area contributed by atoms with Crippen LogP contribution in [0, 0.1) is 0 Å². The van der Waals surface area contributed by atoms with Crippen molar-refractivity contribution in [2.75, 3.05) is 0 Å². The summed E-state index contributed by atoms with van der Waals surface area (Å²) in [5, 5.41) is 1.84. The Morgan fingerprint density at radius 1 is 1.73 bits per heavy atom. The minimum Gasteiger partial charge on any atom is -0.369 e. The first kappa shape index (κ1) is 8.20. The third kappa shape index (κ3) is 1.40. The van der Waals surface area contributed by atoms with Crippen molar-refractivity contribution in [3.8, 4) is 0 Å². The number of amides is 1. The van der Waals surface area contributed by atoms with E-state index in [0.717, 1.165) is 5.69 Å². The number of carbonyl (C=O) groups is 1. The summed E-state index contributed by atoms with van der Waals surface area (Å²) in [6.45, 7) is 3.54. The molecule has 0 spiro atoms. The van der Waals surface area contributed by atoms with Gasteiger partial charge in [0.15, 0.2) is 0 Å². The maximum Gasteiger partial charge on any atom is 0.229 e. The van der Waals surface area contributed by atoms with E-state index in [0.29, 0.717) is 0 Å². The second-order valence-electron chi connectivity index (χ2n) is 2.86. The van der Waals surface area contributed by atoms with Crippen molar-refractivity contribution < 1.29 is 4.79 Å². The standard InChI is InChI=1S/C7H10N2OS/c1-7(2,6(8)10)5-3-11-4-9-5/h3-4H,1-2H3,(H2,8,10). The average Bonchev–Trinajstić information content (AvgIpc) is 2.37. The van der Waals surface area contributed by atoms with E-state index in [9.17, 15) is 4.79 Å². The van der Waals surface area contributed by atoms with Crippen molar-refractivity contribution in [3.63, 3.8) is 0 Å². The molecule has 3 nitrogen and oxygen atoms in total. The van der Waals surface area contributed by atoms with E-state index < -0.39 is 5.41 Å². The maximum atomic E-state index is 10.9. The zero-order valence-electron chi connectivity index (χ0n) is 6.50. The molecule has 1 aromatic heterocycles. The second-order valence-corrected chi connectivity index (χ2v) is 3.58. The second kappa shape index (κ2) is 2.62. The van der Waals surface area contributed by atoms with E-state index in [-0.39, 0.29) is 5.91 Å². The Kier molecular flexibility index (Phi) is 1.95. The number of aromatic nitrogens is 1. The SMILES string of the molecule is CC(C)(C(N)=O)c1cscn1. The van der Waals surface area contributed by atoms with Gasteiger partial charge in [-0.25, -0.2) is 4.98 Å². The van der Waals surface area contributed by atoms with Crippen LogP contribution in [0.1, 0.15) is 19.5 Å². The van der Waals surface area contributed by atoms with Crippen LogP contribution in [-0.4, -0.2) is 10.9 Å². The van der Waals surface area contributed by atoms with Gasteiger partial charge in [-0.3, -0.25) is 4.79 Å². The molecule has 2 N–H and O–H groups in total. The fourth-order valence-electron chi connectivity index (χ4n) is 0.647. The number of carbonyl (C=O) groups excluding carboxylic acids is 1. The van der Waals surface area contributed by atoms with Crippen LogP contribution in [0.3, 0.4) is 0 Å².